The Kier molecular flexibility index (Phi) is 7.92. The van der Waals surface area contributed by atoms with Crippen LogP contribution in [-0.4, -0.2) is 32.4 Å². The van der Waals surface area contributed by atoms with E-state index in [4.69, 9.17) is 9.79 Å². The fraction of sp³-hybridized carbons (Fsp3) is 1.00. The van der Waals surface area contributed by atoms with Crippen LogP contribution in [0, 0.1) is 0 Å². The summed E-state index contributed by atoms with van der Waals surface area (Å²) in [5.74, 6) is 0.726. The maximum Gasteiger partial charge on any atom is 0.328 e. The quantitative estimate of drug-likeness (QED) is 0.303. The van der Waals surface area contributed by atoms with E-state index < -0.39 is 19.4 Å². The summed E-state index contributed by atoms with van der Waals surface area (Å²) in [4.78, 5) is 18.2. The Morgan fingerprint density at radius 3 is 2.33 bits per heavy atom. The lowest BCUT2D eigenvalue weighted by Crippen LogP contribution is -2.17. The van der Waals surface area contributed by atoms with Crippen molar-refractivity contribution in [1.29, 1.82) is 0 Å². The van der Waals surface area contributed by atoms with Crippen LogP contribution in [0.15, 0.2) is 0 Å². The smallest absolute Gasteiger partial charge is 0.328 e. The largest absolute Gasteiger partial charge is 0.393 e. The first-order valence-corrected chi connectivity index (χ1v) is 7.57. The molecule has 3 N–H and O–H groups in total. The van der Waals surface area contributed by atoms with Crippen molar-refractivity contribution >= 4 is 20.2 Å². The van der Waals surface area contributed by atoms with Gasteiger partial charge >= 0.3 is 7.60 Å². The average molecular weight is 256 g/mol. The van der Waals surface area contributed by atoms with Crippen LogP contribution in [-0.2, 0) is 4.57 Å². The molecular weight excluding hydrogens is 235 g/mol. The molecule has 15 heavy (non-hydrogen) atoms. The van der Waals surface area contributed by atoms with Crippen LogP contribution >= 0.6 is 20.2 Å². The Bertz CT molecular complexity index is 206. The van der Waals surface area contributed by atoms with Gasteiger partial charge in [0, 0.05) is 0 Å². The van der Waals surface area contributed by atoms with Gasteiger partial charge < -0.3 is 14.9 Å². The fourth-order valence-corrected chi connectivity index (χ4v) is 2.66. The molecule has 2 unspecified atom stereocenters. The molecule has 0 saturated carbocycles. The first-order valence-electron chi connectivity index (χ1n) is 5.26. The molecule has 4 nitrogen and oxygen atoms in total. The highest BCUT2D eigenvalue weighted by Gasteiger charge is 2.29. The number of aliphatic hydroxyl groups is 1. The van der Waals surface area contributed by atoms with Gasteiger partial charge in [-0.1, -0.05) is 13.3 Å². The van der Waals surface area contributed by atoms with E-state index in [0.29, 0.717) is 12.8 Å². The number of hydrogen-bond donors (Lipinski definition) is 4. The third kappa shape index (κ3) is 7.36. The zero-order valence-corrected chi connectivity index (χ0v) is 10.8. The van der Waals surface area contributed by atoms with Crippen LogP contribution in [0.5, 0.6) is 0 Å². The first kappa shape index (κ1) is 15.5. The molecule has 2 atom stereocenters. The number of aliphatic hydroxyl groups excluding tert-OH is 1. The van der Waals surface area contributed by atoms with E-state index in [1.165, 1.54) is 0 Å². The summed E-state index contributed by atoms with van der Waals surface area (Å²) in [5.41, 5.74) is -0.702. The first-order chi connectivity index (χ1) is 6.91. The lowest BCUT2D eigenvalue weighted by molar-refractivity contribution is 0.153. The third-order valence-corrected chi connectivity index (χ3v) is 4.17. The highest BCUT2D eigenvalue weighted by molar-refractivity contribution is 7.80. The molecule has 0 aliphatic rings. The predicted molar refractivity (Wildman–Crippen MR) is 64.5 cm³/mol. The summed E-state index contributed by atoms with van der Waals surface area (Å²) in [6.45, 7) is 1.80. The van der Waals surface area contributed by atoms with Crippen LogP contribution in [0.1, 0.15) is 39.0 Å². The molecule has 0 aromatic heterocycles. The van der Waals surface area contributed by atoms with Crippen molar-refractivity contribution in [2.75, 3.05) is 5.75 Å². The summed E-state index contributed by atoms with van der Waals surface area (Å²) in [6.07, 6.45) is 2.16. The average Bonchev–Trinajstić information content (AvgIpc) is 2.14. The van der Waals surface area contributed by atoms with E-state index in [9.17, 15) is 9.67 Å². The van der Waals surface area contributed by atoms with Crippen LogP contribution in [0.25, 0.3) is 0 Å². The van der Waals surface area contributed by atoms with Crippen molar-refractivity contribution < 1.29 is 19.5 Å². The summed E-state index contributed by atoms with van der Waals surface area (Å²) in [6, 6.07) is 0. The topological polar surface area (TPSA) is 77.8 Å². The molecule has 0 heterocycles. The molecule has 0 saturated heterocycles. The van der Waals surface area contributed by atoms with Gasteiger partial charge in [-0.2, -0.15) is 12.6 Å². The number of rotatable bonds is 8. The van der Waals surface area contributed by atoms with E-state index in [1.54, 1.807) is 6.92 Å². The van der Waals surface area contributed by atoms with Crippen molar-refractivity contribution in [2.45, 2.75) is 50.8 Å². The normalized spacial score (nSPS) is 16.3. The summed E-state index contributed by atoms with van der Waals surface area (Å²) in [5, 5.41) is 9.39. The second kappa shape index (κ2) is 7.69. The Balaban J connectivity index is 4.14. The highest BCUT2D eigenvalue weighted by Crippen LogP contribution is 2.46. The molecule has 6 heteroatoms. The van der Waals surface area contributed by atoms with E-state index in [1.807, 2.05) is 0 Å². The van der Waals surface area contributed by atoms with Crippen LogP contribution in [0.2, 0.25) is 0 Å². The minimum Gasteiger partial charge on any atom is -0.393 e. The van der Waals surface area contributed by atoms with Crippen molar-refractivity contribution in [3.63, 3.8) is 0 Å². The summed E-state index contributed by atoms with van der Waals surface area (Å²) < 4.78 is 11.1. The second-order valence-corrected chi connectivity index (χ2v) is 6.12. The van der Waals surface area contributed by atoms with Gasteiger partial charge in [0.2, 0.25) is 0 Å². The van der Waals surface area contributed by atoms with Gasteiger partial charge in [0.05, 0.1) is 11.8 Å². The third-order valence-electron chi connectivity index (χ3n) is 2.44. The van der Waals surface area contributed by atoms with Gasteiger partial charge in [0.1, 0.15) is 0 Å². The van der Waals surface area contributed by atoms with Crippen LogP contribution < -0.4 is 0 Å². The Morgan fingerprint density at radius 2 is 1.93 bits per heavy atom. The molecule has 0 aliphatic carbocycles. The summed E-state index contributed by atoms with van der Waals surface area (Å²) >= 11 is 4.04. The van der Waals surface area contributed by atoms with Crippen LogP contribution in [0.4, 0.5) is 0 Å². The van der Waals surface area contributed by atoms with Gasteiger partial charge in [-0.15, -0.1) is 0 Å². The molecule has 0 aliphatic heterocycles. The van der Waals surface area contributed by atoms with Gasteiger partial charge in [-0.3, -0.25) is 4.57 Å². The molecule has 0 aromatic carbocycles. The maximum absolute atomic E-state index is 11.1. The fourth-order valence-electron chi connectivity index (χ4n) is 1.40. The molecule has 0 rings (SSSR count). The predicted octanol–water partition coefficient (Wildman–Crippen LogP) is 1.79. The zero-order valence-electron chi connectivity index (χ0n) is 9.04. The Morgan fingerprint density at radius 1 is 1.33 bits per heavy atom. The van der Waals surface area contributed by atoms with Crippen LogP contribution in [0.3, 0.4) is 0 Å². The van der Waals surface area contributed by atoms with Crippen molar-refractivity contribution in [3.8, 4) is 0 Å². The molecule has 0 spiro atoms. The SMILES string of the molecule is CCC(O)CC(CCCCS)P(=O)(O)O. The number of unbranched alkanes of at least 4 members (excludes halogenated alkanes) is 1. The zero-order chi connectivity index (χ0) is 11.9. The van der Waals surface area contributed by atoms with E-state index in [-0.39, 0.29) is 6.42 Å². The second-order valence-electron chi connectivity index (χ2n) is 3.76. The molecule has 0 fully saturated rings. The molecule has 0 amide bonds. The molecule has 0 radical (unpaired) electrons. The van der Waals surface area contributed by atoms with Gasteiger partial charge in [0.25, 0.3) is 0 Å². The molecule has 0 aromatic rings. The molecule has 0 bridgehead atoms. The Hall–Kier alpha value is 0.460. The number of hydrogen-bond acceptors (Lipinski definition) is 3. The summed E-state index contributed by atoms with van der Waals surface area (Å²) in [7, 11) is -4.07. The van der Waals surface area contributed by atoms with E-state index in [0.717, 1.165) is 18.6 Å². The highest BCUT2D eigenvalue weighted by atomic mass is 32.1. The van der Waals surface area contributed by atoms with Crippen molar-refractivity contribution in [2.24, 2.45) is 0 Å². The van der Waals surface area contributed by atoms with E-state index in [2.05, 4.69) is 12.6 Å². The standard InChI is InChI=1S/C9H21O4PS/c1-2-8(10)7-9(14(11,12)13)5-3-4-6-15/h8-10,15H,2-7H2,1H3,(H2,11,12,13). The van der Waals surface area contributed by atoms with E-state index >= 15 is 0 Å². The van der Waals surface area contributed by atoms with Gasteiger partial charge in [-0.05, 0) is 31.4 Å². The Labute approximate surface area is 96.7 Å². The lowest BCUT2D eigenvalue weighted by Gasteiger charge is -2.20. The number of thiol groups is 1. The van der Waals surface area contributed by atoms with Crippen molar-refractivity contribution in [3.05, 3.63) is 0 Å². The van der Waals surface area contributed by atoms with Gasteiger partial charge in [-0.25, -0.2) is 0 Å². The minimum atomic E-state index is -4.07. The maximum atomic E-state index is 11.1. The molecule has 92 valence electrons. The van der Waals surface area contributed by atoms with Crippen molar-refractivity contribution in [1.82, 2.24) is 0 Å². The monoisotopic (exact) mass is 256 g/mol. The van der Waals surface area contributed by atoms with Gasteiger partial charge in [0.15, 0.2) is 0 Å². The minimum absolute atomic E-state index is 0.188. The lowest BCUT2D eigenvalue weighted by atomic mass is 10.1. The molecular formula is C9H21O4PS.